The molecule has 3 rings (SSSR count). The Morgan fingerprint density at radius 1 is 1.19 bits per heavy atom. The fourth-order valence-electron chi connectivity index (χ4n) is 3.81. The van der Waals surface area contributed by atoms with Crippen molar-refractivity contribution in [2.45, 2.75) is 46.5 Å². The Balaban J connectivity index is 2.00. The predicted molar refractivity (Wildman–Crippen MR) is 123 cm³/mol. The molecule has 0 aromatic heterocycles. The van der Waals surface area contributed by atoms with Gasteiger partial charge in [0.1, 0.15) is 28.7 Å². The van der Waals surface area contributed by atoms with Crippen LogP contribution in [0.25, 0.3) is 6.08 Å². The van der Waals surface area contributed by atoms with Gasteiger partial charge in [0, 0.05) is 28.7 Å². The molecule has 0 amide bonds. The summed E-state index contributed by atoms with van der Waals surface area (Å²) < 4.78 is 11.5. The lowest BCUT2D eigenvalue weighted by Crippen LogP contribution is -2.20. The molecule has 0 aliphatic carbocycles. The Hall–Kier alpha value is -3.08. The van der Waals surface area contributed by atoms with Crippen LogP contribution < -0.4 is 9.47 Å². The Bertz CT molecular complexity index is 1010. The van der Waals surface area contributed by atoms with Crippen LogP contribution >= 0.6 is 0 Å². The number of hydrogen-bond donors (Lipinski definition) is 3. The third-order valence-electron chi connectivity index (χ3n) is 5.57. The lowest BCUT2D eigenvalue weighted by Gasteiger charge is -2.28. The highest BCUT2D eigenvalue weighted by Crippen LogP contribution is 2.46. The summed E-state index contributed by atoms with van der Waals surface area (Å²) in [6.07, 6.45) is 6.79. The van der Waals surface area contributed by atoms with Gasteiger partial charge in [-0.05, 0) is 38.7 Å². The maximum Gasteiger partial charge on any atom is 0.130 e. The monoisotopic (exact) mass is 424 g/mol. The fraction of sp³-hybridized carbons (Fsp3) is 0.385. The van der Waals surface area contributed by atoms with Crippen LogP contribution in [0.3, 0.4) is 0 Å². The van der Waals surface area contributed by atoms with E-state index < -0.39 is 0 Å². The van der Waals surface area contributed by atoms with E-state index in [9.17, 15) is 15.3 Å². The van der Waals surface area contributed by atoms with Crippen LogP contribution in [0, 0.1) is 5.92 Å². The van der Waals surface area contributed by atoms with Crippen molar-refractivity contribution in [3.8, 4) is 28.7 Å². The molecule has 0 spiro atoms. The molecule has 1 heterocycles. The van der Waals surface area contributed by atoms with Gasteiger partial charge in [0.25, 0.3) is 0 Å². The first kappa shape index (κ1) is 22.6. The van der Waals surface area contributed by atoms with Crippen LogP contribution in [0.15, 0.2) is 35.9 Å². The highest BCUT2D eigenvalue weighted by Gasteiger charge is 2.29. The standard InChI is InChI=1S/C26H32O5/c1-15(2)6-8-19-22(27)11-10-18(25(19)28)17-12-21-24(31-14-17)13-23(30-5)20(26(21)29)9-7-16(3)4/h6-8,10-11,13,15,17,27-29H,9,12,14H2,1-5H3/b8-6+. The summed E-state index contributed by atoms with van der Waals surface area (Å²) in [5.41, 5.74) is 3.68. The Kier molecular flexibility index (Phi) is 6.84. The van der Waals surface area contributed by atoms with Gasteiger partial charge in [-0.3, -0.25) is 0 Å². The lowest BCUT2D eigenvalue weighted by molar-refractivity contribution is 0.253. The topological polar surface area (TPSA) is 79.2 Å². The maximum atomic E-state index is 11.0. The third-order valence-corrected chi connectivity index (χ3v) is 5.57. The molecule has 0 fully saturated rings. The molecular weight excluding hydrogens is 392 g/mol. The van der Waals surface area contributed by atoms with Crippen LogP contribution in [-0.4, -0.2) is 29.0 Å². The molecule has 31 heavy (non-hydrogen) atoms. The second-order valence-corrected chi connectivity index (χ2v) is 8.62. The quantitative estimate of drug-likeness (QED) is 0.518. The van der Waals surface area contributed by atoms with Crippen LogP contribution in [0.4, 0.5) is 0 Å². The van der Waals surface area contributed by atoms with E-state index in [4.69, 9.17) is 9.47 Å². The number of benzene rings is 2. The first-order valence-corrected chi connectivity index (χ1v) is 10.6. The average Bonchev–Trinajstić information content (AvgIpc) is 2.72. The third kappa shape index (κ3) is 4.82. The largest absolute Gasteiger partial charge is 0.507 e. The van der Waals surface area contributed by atoms with E-state index in [-0.39, 0.29) is 23.2 Å². The summed E-state index contributed by atoms with van der Waals surface area (Å²) >= 11 is 0. The molecule has 166 valence electrons. The number of methoxy groups -OCH3 is 1. The number of aromatic hydroxyl groups is 3. The van der Waals surface area contributed by atoms with E-state index in [0.717, 1.165) is 11.1 Å². The first-order chi connectivity index (χ1) is 14.7. The predicted octanol–water partition coefficient (Wildman–Crippen LogP) is 5.71. The van der Waals surface area contributed by atoms with E-state index in [0.29, 0.717) is 53.6 Å². The van der Waals surface area contributed by atoms with Crippen molar-refractivity contribution >= 4 is 6.08 Å². The number of ether oxygens (including phenoxy) is 2. The van der Waals surface area contributed by atoms with Crippen molar-refractivity contribution in [2.75, 3.05) is 13.7 Å². The van der Waals surface area contributed by atoms with E-state index in [1.54, 1.807) is 25.3 Å². The molecule has 0 saturated heterocycles. The van der Waals surface area contributed by atoms with Crippen LogP contribution in [0.2, 0.25) is 0 Å². The van der Waals surface area contributed by atoms with Crippen molar-refractivity contribution in [1.82, 2.24) is 0 Å². The summed E-state index contributed by atoms with van der Waals surface area (Å²) in [6.45, 7) is 8.45. The second-order valence-electron chi connectivity index (χ2n) is 8.62. The van der Waals surface area contributed by atoms with Crippen molar-refractivity contribution in [1.29, 1.82) is 0 Å². The van der Waals surface area contributed by atoms with E-state index in [1.807, 2.05) is 45.9 Å². The van der Waals surface area contributed by atoms with Gasteiger partial charge in [0.05, 0.1) is 19.3 Å². The summed E-state index contributed by atoms with van der Waals surface area (Å²) in [5.74, 6) is 1.59. The van der Waals surface area contributed by atoms with Gasteiger partial charge < -0.3 is 24.8 Å². The second kappa shape index (κ2) is 9.38. The highest BCUT2D eigenvalue weighted by molar-refractivity contribution is 5.67. The number of phenolic OH excluding ortho intramolecular Hbond substituents is 3. The van der Waals surface area contributed by atoms with E-state index >= 15 is 0 Å². The maximum absolute atomic E-state index is 11.0. The molecule has 1 atom stereocenters. The average molecular weight is 425 g/mol. The molecule has 1 aliphatic heterocycles. The van der Waals surface area contributed by atoms with Crippen LogP contribution in [0.5, 0.6) is 28.7 Å². The summed E-state index contributed by atoms with van der Waals surface area (Å²) in [6, 6.07) is 5.15. The molecule has 5 nitrogen and oxygen atoms in total. The van der Waals surface area contributed by atoms with E-state index in [2.05, 4.69) is 0 Å². The minimum absolute atomic E-state index is 0.0341. The molecule has 3 N–H and O–H groups in total. The fourth-order valence-corrected chi connectivity index (χ4v) is 3.81. The van der Waals surface area contributed by atoms with Gasteiger partial charge in [-0.1, -0.05) is 43.7 Å². The molecule has 5 heteroatoms. The molecule has 2 aromatic rings. The normalized spacial score (nSPS) is 15.6. The Morgan fingerprint density at radius 2 is 1.94 bits per heavy atom. The SMILES string of the molecule is COc1cc2c(c(O)c1CC=C(C)C)CC(c1ccc(O)c(/C=C/C(C)C)c1O)CO2. The van der Waals surface area contributed by atoms with Gasteiger partial charge in [0.15, 0.2) is 0 Å². The van der Waals surface area contributed by atoms with Crippen LogP contribution in [0.1, 0.15) is 55.9 Å². The van der Waals surface area contributed by atoms with Gasteiger partial charge in [-0.25, -0.2) is 0 Å². The Morgan fingerprint density at radius 3 is 2.58 bits per heavy atom. The highest BCUT2D eigenvalue weighted by atomic mass is 16.5. The van der Waals surface area contributed by atoms with Crippen molar-refractivity contribution in [3.63, 3.8) is 0 Å². The zero-order valence-corrected chi connectivity index (χ0v) is 18.9. The zero-order chi connectivity index (χ0) is 22.7. The molecule has 0 bridgehead atoms. The van der Waals surface area contributed by atoms with Crippen molar-refractivity contribution in [2.24, 2.45) is 5.92 Å². The minimum Gasteiger partial charge on any atom is -0.507 e. The van der Waals surface area contributed by atoms with Crippen LogP contribution in [-0.2, 0) is 12.8 Å². The van der Waals surface area contributed by atoms with Gasteiger partial charge in [-0.2, -0.15) is 0 Å². The first-order valence-electron chi connectivity index (χ1n) is 10.6. The Labute approximate surface area is 184 Å². The summed E-state index contributed by atoms with van der Waals surface area (Å²) in [5, 5.41) is 32.1. The minimum atomic E-state index is -0.158. The number of rotatable bonds is 6. The van der Waals surface area contributed by atoms with Crippen molar-refractivity contribution < 1.29 is 24.8 Å². The zero-order valence-electron chi connectivity index (χ0n) is 18.9. The number of fused-ring (bicyclic) bond motifs is 1. The molecule has 0 saturated carbocycles. The van der Waals surface area contributed by atoms with E-state index in [1.165, 1.54) is 0 Å². The summed E-state index contributed by atoms with van der Waals surface area (Å²) in [4.78, 5) is 0. The van der Waals surface area contributed by atoms with Gasteiger partial charge >= 0.3 is 0 Å². The molecule has 2 aromatic carbocycles. The molecular formula is C26H32O5. The number of hydrogen-bond acceptors (Lipinski definition) is 5. The smallest absolute Gasteiger partial charge is 0.130 e. The molecule has 1 aliphatic rings. The van der Waals surface area contributed by atoms with Gasteiger partial charge in [-0.15, -0.1) is 0 Å². The van der Waals surface area contributed by atoms with Gasteiger partial charge in [0.2, 0.25) is 0 Å². The number of phenols is 3. The molecule has 0 radical (unpaired) electrons. The lowest BCUT2D eigenvalue weighted by atomic mass is 9.86. The number of allylic oxidation sites excluding steroid dienone is 3. The van der Waals surface area contributed by atoms with Crippen molar-refractivity contribution in [3.05, 3.63) is 58.2 Å². The molecule has 1 unspecified atom stereocenters. The summed E-state index contributed by atoms with van der Waals surface area (Å²) in [7, 11) is 1.58.